The molecule has 2 atom stereocenters. The summed E-state index contributed by atoms with van der Waals surface area (Å²) < 4.78 is 11.0. The van der Waals surface area contributed by atoms with Crippen LogP contribution in [-0.4, -0.2) is 44.4 Å². The van der Waals surface area contributed by atoms with Crippen molar-refractivity contribution in [1.82, 2.24) is 4.90 Å². The molecule has 4 nitrogen and oxygen atoms in total. The first-order valence-corrected chi connectivity index (χ1v) is 6.94. The van der Waals surface area contributed by atoms with Gasteiger partial charge in [0.15, 0.2) is 0 Å². The van der Waals surface area contributed by atoms with Crippen molar-refractivity contribution in [1.29, 1.82) is 0 Å². The van der Waals surface area contributed by atoms with Gasteiger partial charge in [-0.15, -0.1) is 0 Å². The average molecular weight is 264 g/mol. The maximum atomic E-state index is 6.00. The van der Waals surface area contributed by atoms with Gasteiger partial charge in [-0.1, -0.05) is 12.1 Å². The Kier molecular flexibility index (Phi) is 5.19. The quantitative estimate of drug-likeness (QED) is 0.901. The molecule has 1 aliphatic heterocycles. The fraction of sp³-hybridized carbons (Fsp3) is 0.600. The van der Waals surface area contributed by atoms with Crippen molar-refractivity contribution in [3.05, 3.63) is 29.8 Å². The number of nitrogens with zero attached hydrogens (tertiary/aromatic N) is 1. The number of rotatable bonds is 4. The van der Waals surface area contributed by atoms with E-state index in [9.17, 15) is 0 Å². The molecule has 4 heteroatoms. The number of ether oxygens (including phenoxy) is 2. The predicted molar refractivity (Wildman–Crippen MR) is 76.4 cm³/mol. The zero-order valence-corrected chi connectivity index (χ0v) is 11.8. The molecule has 1 aliphatic rings. The Hall–Kier alpha value is -1.10. The number of hydrogen-bond donors (Lipinski definition) is 1. The minimum atomic E-state index is 0.235. The summed E-state index contributed by atoms with van der Waals surface area (Å²) in [4.78, 5) is 2.42. The summed E-state index contributed by atoms with van der Waals surface area (Å²) in [5.41, 5.74) is 7.22. The first-order valence-electron chi connectivity index (χ1n) is 6.94. The second kappa shape index (κ2) is 6.89. The van der Waals surface area contributed by atoms with E-state index in [0.29, 0.717) is 6.54 Å². The Bertz CT molecular complexity index is 397. The van der Waals surface area contributed by atoms with Crippen LogP contribution in [0.5, 0.6) is 5.75 Å². The van der Waals surface area contributed by atoms with Gasteiger partial charge in [-0.25, -0.2) is 0 Å². The van der Waals surface area contributed by atoms with Gasteiger partial charge in [0, 0.05) is 32.3 Å². The number of hydrogen-bond acceptors (Lipinski definition) is 4. The first kappa shape index (κ1) is 14.3. The lowest BCUT2D eigenvalue weighted by molar-refractivity contribution is 0.0611. The van der Waals surface area contributed by atoms with E-state index in [0.717, 1.165) is 31.9 Å². The highest BCUT2D eigenvalue weighted by molar-refractivity contribution is 5.30. The van der Waals surface area contributed by atoms with Gasteiger partial charge in [0.25, 0.3) is 0 Å². The largest absolute Gasteiger partial charge is 0.497 e. The lowest BCUT2D eigenvalue weighted by Crippen LogP contribution is -2.37. The minimum Gasteiger partial charge on any atom is -0.497 e. The molecule has 0 spiro atoms. The minimum absolute atomic E-state index is 0.235. The molecule has 2 N–H and O–H groups in total. The van der Waals surface area contributed by atoms with E-state index in [4.69, 9.17) is 15.2 Å². The zero-order valence-electron chi connectivity index (χ0n) is 11.8. The van der Waals surface area contributed by atoms with Gasteiger partial charge in [-0.05, 0) is 31.0 Å². The molecule has 2 unspecified atom stereocenters. The van der Waals surface area contributed by atoms with Crippen molar-refractivity contribution in [2.45, 2.75) is 25.5 Å². The van der Waals surface area contributed by atoms with Gasteiger partial charge in [0.2, 0.25) is 0 Å². The van der Waals surface area contributed by atoms with Crippen LogP contribution in [-0.2, 0) is 4.74 Å². The zero-order chi connectivity index (χ0) is 13.7. The molecule has 0 radical (unpaired) electrons. The third-order valence-electron chi connectivity index (χ3n) is 3.63. The van der Waals surface area contributed by atoms with Crippen molar-refractivity contribution < 1.29 is 9.47 Å². The van der Waals surface area contributed by atoms with E-state index in [-0.39, 0.29) is 12.1 Å². The van der Waals surface area contributed by atoms with E-state index >= 15 is 0 Å². The van der Waals surface area contributed by atoms with Crippen LogP contribution in [0.3, 0.4) is 0 Å². The smallest absolute Gasteiger partial charge is 0.119 e. The fourth-order valence-electron chi connectivity index (χ4n) is 2.65. The van der Waals surface area contributed by atoms with E-state index in [2.05, 4.69) is 24.0 Å². The maximum absolute atomic E-state index is 6.00. The van der Waals surface area contributed by atoms with Crippen LogP contribution >= 0.6 is 0 Å². The molecule has 0 bridgehead atoms. The monoisotopic (exact) mass is 264 g/mol. The molecular weight excluding hydrogens is 240 g/mol. The summed E-state index contributed by atoms with van der Waals surface area (Å²) in [7, 11) is 1.69. The van der Waals surface area contributed by atoms with Gasteiger partial charge in [0.05, 0.1) is 13.2 Å². The van der Waals surface area contributed by atoms with Gasteiger partial charge >= 0.3 is 0 Å². The highest BCUT2D eigenvalue weighted by Crippen LogP contribution is 2.25. The van der Waals surface area contributed by atoms with Crippen LogP contribution in [0.2, 0.25) is 0 Å². The summed E-state index contributed by atoms with van der Waals surface area (Å²) >= 11 is 0. The van der Waals surface area contributed by atoms with Crippen molar-refractivity contribution in [3.63, 3.8) is 0 Å². The molecule has 1 heterocycles. The second-order valence-electron chi connectivity index (χ2n) is 5.06. The molecule has 2 rings (SSSR count). The average Bonchev–Trinajstić information content (AvgIpc) is 2.65. The molecule has 1 fully saturated rings. The molecule has 0 aromatic heterocycles. The maximum Gasteiger partial charge on any atom is 0.119 e. The predicted octanol–water partition coefficient (Wildman–Crippen LogP) is 1.81. The van der Waals surface area contributed by atoms with Crippen molar-refractivity contribution in [3.8, 4) is 5.75 Å². The van der Waals surface area contributed by atoms with E-state index in [1.807, 2.05) is 12.1 Å². The Morgan fingerprint density at radius 2 is 2.37 bits per heavy atom. The van der Waals surface area contributed by atoms with Crippen LogP contribution < -0.4 is 10.5 Å². The molecule has 1 aromatic rings. The molecule has 1 aromatic carbocycles. The van der Waals surface area contributed by atoms with E-state index in [1.54, 1.807) is 7.11 Å². The molecule has 0 aliphatic carbocycles. The molecule has 106 valence electrons. The summed E-state index contributed by atoms with van der Waals surface area (Å²) in [6.07, 6.45) is 1.33. The van der Waals surface area contributed by atoms with Gasteiger partial charge < -0.3 is 15.2 Å². The number of nitrogens with two attached hydrogens (primary N) is 1. The lowest BCUT2D eigenvalue weighted by atomic mass is 10.0. The topological polar surface area (TPSA) is 47.7 Å². The summed E-state index contributed by atoms with van der Waals surface area (Å²) in [5, 5.41) is 0. The van der Waals surface area contributed by atoms with Crippen LogP contribution in [0.4, 0.5) is 0 Å². The third-order valence-corrected chi connectivity index (χ3v) is 3.63. The van der Waals surface area contributed by atoms with Crippen LogP contribution in [0.15, 0.2) is 24.3 Å². The summed E-state index contributed by atoms with van der Waals surface area (Å²) in [5.74, 6) is 0.884. The Morgan fingerprint density at radius 1 is 1.53 bits per heavy atom. The van der Waals surface area contributed by atoms with Crippen molar-refractivity contribution in [2.75, 3.05) is 33.4 Å². The van der Waals surface area contributed by atoms with E-state index in [1.165, 1.54) is 5.56 Å². The van der Waals surface area contributed by atoms with Crippen LogP contribution in [0.1, 0.15) is 24.9 Å². The summed E-state index contributed by atoms with van der Waals surface area (Å²) in [6, 6.07) is 8.42. The highest BCUT2D eigenvalue weighted by Gasteiger charge is 2.23. The van der Waals surface area contributed by atoms with E-state index < -0.39 is 0 Å². The van der Waals surface area contributed by atoms with Gasteiger partial charge in [-0.3, -0.25) is 4.90 Å². The Morgan fingerprint density at radius 3 is 3.11 bits per heavy atom. The molecule has 0 saturated carbocycles. The number of benzene rings is 1. The molecular formula is C15H24N2O2. The van der Waals surface area contributed by atoms with Crippen molar-refractivity contribution >= 4 is 0 Å². The standard InChI is InChI=1S/C15H24N2O2/c1-12-11-17(7-4-8-19-12)15(10-16)13-5-3-6-14(9-13)18-2/h3,5-6,9,12,15H,4,7-8,10-11,16H2,1-2H3. The first-order chi connectivity index (χ1) is 9.24. The Labute approximate surface area is 115 Å². The van der Waals surface area contributed by atoms with Gasteiger partial charge in [-0.2, -0.15) is 0 Å². The molecule has 19 heavy (non-hydrogen) atoms. The van der Waals surface area contributed by atoms with Crippen LogP contribution in [0.25, 0.3) is 0 Å². The molecule has 0 amide bonds. The normalized spacial score (nSPS) is 22.8. The lowest BCUT2D eigenvalue weighted by Gasteiger charge is -2.31. The van der Waals surface area contributed by atoms with Crippen molar-refractivity contribution in [2.24, 2.45) is 5.73 Å². The van der Waals surface area contributed by atoms with Crippen LogP contribution in [0, 0.1) is 0 Å². The molecule has 1 saturated heterocycles. The fourth-order valence-corrected chi connectivity index (χ4v) is 2.65. The highest BCUT2D eigenvalue weighted by atomic mass is 16.5. The summed E-state index contributed by atoms with van der Waals surface area (Å²) in [6.45, 7) is 5.53. The van der Waals surface area contributed by atoms with Gasteiger partial charge in [0.1, 0.15) is 5.75 Å². The number of methoxy groups -OCH3 is 1. The third kappa shape index (κ3) is 3.69. The Balaban J connectivity index is 2.17. The second-order valence-corrected chi connectivity index (χ2v) is 5.06. The SMILES string of the molecule is COc1cccc(C(CN)N2CCCOC(C)C2)c1.